The van der Waals surface area contributed by atoms with Gasteiger partial charge in [0.05, 0.1) is 12.2 Å². The highest BCUT2D eigenvalue weighted by molar-refractivity contribution is 6.17. The summed E-state index contributed by atoms with van der Waals surface area (Å²) >= 11 is 0. The fourth-order valence-electron chi connectivity index (χ4n) is 2.58. The minimum absolute atomic E-state index is 0.00943. The van der Waals surface area contributed by atoms with Crippen LogP contribution < -0.4 is 4.74 Å². The molecule has 0 spiro atoms. The van der Waals surface area contributed by atoms with Crippen molar-refractivity contribution in [2.45, 2.75) is 33.8 Å². The molecule has 0 aliphatic heterocycles. The van der Waals surface area contributed by atoms with Crippen molar-refractivity contribution >= 4 is 11.8 Å². The Balaban J connectivity index is 2.24. The predicted octanol–water partition coefficient (Wildman–Crippen LogP) is 4.66. The van der Waals surface area contributed by atoms with Crippen LogP contribution in [0.4, 0.5) is 4.39 Å². The van der Waals surface area contributed by atoms with Gasteiger partial charge in [0.15, 0.2) is 5.78 Å². The first-order chi connectivity index (χ1) is 13.4. The minimum Gasteiger partial charge on any atom is -0.489 e. The molecular weight excluding hydrogens is 359 g/mol. The number of carbonyl (C=O) groups is 2. The van der Waals surface area contributed by atoms with E-state index in [0.717, 1.165) is 5.56 Å². The van der Waals surface area contributed by atoms with E-state index >= 15 is 0 Å². The molecule has 0 aliphatic carbocycles. The molecule has 0 N–H and O–H groups in total. The number of carbonyl (C=O) groups excluding carboxylic acids is 2. The van der Waals surface area contributed by atoms with Crippen molar-refractivity contribution in [3.63, 3.8) is 0 Å². The van der Waals surface area contributed by atoms with Crippen LogP contribution in [0.2, 0.25) is 0 Å². The van der Waals surface area contributed by atoms with Crippen molar-refractivity contribution in [1.82, 2.24) is 0 Å². The second-order valence-electron chi connectivity index (χ2n) is 6.59. The molecule has 0 saturated heterocycles. The lowest BCUT2D eigenvalue weighted by Gasteiger charge is -2.12. The molecular formula is C23H25FO4. The molecule has 5 heteroatoms. The Labute approximate surface area is 165 Å². The average Bonchev–Trinajstić information content (AvgIpc) is 2.68. The predicted molar refractivity (Wildman–Crippen MR) is 105 cm³/mol. The zero-order valence-electron chi connectivity index (χ0n) is 16.4. The Morgan fingerprint density at radius 2 is 1.82 bits per heavy atom. The van der Waals surface area contributed by atoms with Crippen LogP contribution in [0.15, 0.2) is 60.2 Å². The first-order valence-corrected chi connectivity index (χ1v) is 9.29. The van der Waals surface area contributed by atoms with Crippen molar-refractivity contribution < 1.29 is 23.5 Å². The van der Waals surface area contributed by atoms with Crippen LogP contribution in [-0.4, -0.2) is 18.4 Å². The molecule has 2 aromatic rings. The number of ketones is 1. The fourth-order valence-corrected chi connectivity index (χ4v) is 2.58. The molecule has 2 aromatic carbocycles. The molecule has 0 amide bonds. The smallest absolute Gasteiger partial charge is 0.341 e. The molecule has 0 fully saturated rings. The second kappa shape index (κ2) is 10.4. The van der Waals surface area contributed by atoms with Gasteiger partial charge in [0.1, 0.15) is 18.2 Å². The zero-order valence-corrected chi connectivity index (χ0v) is 16.4. The van der Waals surface area contributed by atoms with Crippen LogP contribution in [0.25, 0.3) is 0 Å². The van der Waals surface area contributed by atoms with Gasteiger partial charge in [-0.1, -0.05) is 56.3 Å². The number of hydrogen-bond donors (Lipinski definition) is 0. The monoisotopic (exact) mass is 384 g/mol. The van der Waals surface area contributed by atoms with Gasteiger partial charge >= 0.3 is 5.97 Å². The van der Waals surface area contributed by atoms with Gasteiger partial charge in [-0.3, -0.25) is 4.79 Å². The van der Waals surface area contributed by atoms with Crippen LogP contribution >= 0.6 is 0 Å². The number of Topliss-reactive ketones (excluding diaryl/α,β-unsaturated/α-hetero) is 1. The number of halogens is 1. The van der Waals surface area contributed by atoms with Crippen LogP contribution in [0.1, 0.15) is 31.9 Å². The molecule has 0 heterocycles. The Morgan fingerprint density at radius 3 is 2.46 bits per heavy atom. The number of hydrogen-bond acceptors (Lipinski definition) is 4. The van der Waals surface area contributed by atoms with Gasteiger partial charge in [-0.05, 0) is 30.5 Å². The lowest BCUT2D eigenvalue weighted by atomic mass is 9.98. The standard InChI is InChI=1S/C23H25FO4/c1-4-27-23(26)20(22(25)16(2)3)13-11-18-10-12-19(24)14-21(18)28-15-17-8-6-5-7-9-17/h5-10,12-14,16H,4,11,15H2,1-3H3/b20-13-. The Bertz CT molecular complexity index is 841. The highest BCUT2D eigenvalue weighted by Gasteiger charge is 2.22. The summed E-state index contributed by atoms with van der Waals surface area (Å²) in [5.41, 5.74) is 1.64. The van der Waals surface area contributed by atoms with E-state index in [-0.39, 0.29) is 36.9 Å². The Morgan fingerprint density at radius 1 is 1.11 bits per heavy atom. The van der Waals surface area contributed by atoms with Gasteiger partial charge < -0.3 is 9.47 Å². The maximum Gasteiger partial charge on any atom is 0.341 e. The fraction of sp³-hybridized carbons (Fsp3) is 0.304. The van der Waals surface area contributed by atoms with Crippen molar-refractivity contribution in [3.05, 3.63) is 77.1 Å². The van der Waals surface area contributed by atoms with Crippen LogP contribution in [-0.2, 0) is 27.4 Å². The summed E-state index contributed by atoms with van der Waals surface area (Å²) in [6.45, 7) is 5.61. The van der Waals surface area contributed by atoms with E-state index in [0.29, 0.717) is 11.3 Å². The summed E-state index contributed by atoms with van der Waals surface area (Å²) in [7, 11) is 0. The van der Waals surface area contributed by atoms with Gasteiger partial charge in [0.25, 0.3) is 0 Å². The molecule has 0 unspecified atom stereocenters. The largest absolute Gasteiger partial charge is 0.489 e. The molecule has 28 heavy (non-hydrogen) atoms. The van der Waals surface area contributed by atoms with Gasteiger partial charge in [0.2, 0.25) is 0 Å². The Kier molecular flexibility index (Phi) is 7.93. The van der Waals surface area contributed by atoms with E-state index in [1.165, 1.54) is 18.2 Å². The highest BCUT2D eigenvalue weighted by atomic mass is 19.1. The van der Waals surface area contributed by atoms with Crippen molar-refractivity contribution in [1.29, 1.82) is 0 Å². The first kappa shape index (κ1) is 21.4. The Hall–Kier alpha value is -2.95. The number of ether oxygens (including phenoxy) is 2. The average molecular weight is 384 g/mol. The van der Waals surface area contributed by atoms with Crippen LogP contribution in [0, 0.1) is 11.7 Å². The number of benzene rings is 2. The van der Waals surface area contributed by atoms with Crippen molar-refractivity contribution in [3.8, 4) is 5.75 Å². The summed E-state index contributed by atoms with van der Waals surface area (Å²) in [6.07, 6.45) is 1.78. The molecule has 0 saturated carbocycles. The summed E-state index contributed by atoms with van der Waals surface area (Å²) in [4.78, 5) is 24.5. The number of allylic oxidation sites excluding steroid dienone is 1. The van der Waals surface area contributed by atoms with Gasteiger partial charge in [-0.25, -0.2) is 9.18 Å². The van der Waals surface area contributed by atoms with Crippen molar-refractivity contribution in [2.75, 3.05) is 6.61 Å². The van der Waals surface area contributed by atoms with Crippen LogP contribution in [0.5, 0.6) is 5.75 Å². The highest BCUT2D eigenvalue weighted by Crippen LogP contribution is 2.23. The summed E-state index contributed by atoms with van der Waals surface area (Å²) in [5, 5.41) is 0. The van der Waals surface area contributed by atoms with E-state index in [2.05, 4.69) is 0 Å². The third-order valence-electron chi connectivity index (χ3n) is 4.08. The molecule has 0 aliphatic rings. The molecule has 0 radical (unpaired) electrons. The number of esters is 1. The van der Waals surface area contributed by atoms with E-state index in [1.54, 1.807) is 26.8 Å². The minimum atomic E-state index is -0.643. The molecule has 4 nitrogen and oxygen atoms in total. The molecule has 2 rings (SSSR count). The van der Waals surface area contributed by atoms with Crippen LogP contribution in [0.3, 0.4) is 0 Å². The molecule has 0 aromatic heterocycles. The first-order valence-electron chi connectivity index (χ1n) is 9.29. The second-order valence-corrected chi connectivity index (χ2v) is 6.59. The third kappa shape index (κ3) is 6.05. The zero-order chi connectivity index (χ0) is 20.5. The molecule has 0 bridgehead atoms. The number of rotatable bonds is 9. The van der Waals surface area contributed by atoms with E-state index < -0.39 is 11.8 Å². The molecule has 0 atom stereocenters. The lowest BCUT2D eigenvalue weighted by molar-refractivity contribution is -0.140. The van der Waals surface area contributed by atoms with E-state index in [9.17, 15) is 14.0 Å². The topological polar surface area (TPSA) is 52.6 Å². The van der Waals surface area contributed by atoms with Gasteiger partial charge in [-0.15, -0.1) is 0 Å². The van der Waals surface area contributed by atoms with E-state index in [1.807, 2.05) is 30.3 Å². The maximum atomic E-state index is 13.7. The van der Waals surface area contributed by atoms with Gasteiger partial charge in [0, 0.05) is 12.0 Å². The third-order valence-corrected chi connectivity index (χ3v) is 4.08. The lowest BCUT2D eigenvalue weighted by Crippen LogP contribution is -2.20. The maximum absolute atomic E-state index is 13.7. The van der Waals surface area contributed by atoms with E-state index in [4.69, 9.17) is 9.47 Å². The normalized spacial score (nSPS) is 11.4. The quantitative estimate of drug-likeness (QED) is 0.273. The molecule has 148 valence electrons. The SMILES string of the molecule is CCOC(=O)/C(=C\Cc1ccc(F)cc1OCc1ccccc1)C(=O)C(C)C. The van der Waals surface area contributed by atoms with Gasteiger partial charge in [-0.2, -0.15) is 0 Å². The summed E-state index contributed by atoms with van der Waals surface area (Å²) < 4.78 is 24.5. The van der Waals surface area contributed by atoms with Crippen molar-refractivity contribution in [2.24, 2.45) is 5.92 Å². The summed E-state index contributed by atoms with van der Waals surface area (Å²) in [6, 6.07) is 13.8. The summed E-state index contributed by atoms with van der Waals surface area (Å²) in [5.74, 6) is -1.31.